The number of nitrogens with two attached hydrogens (primary N) is 1. The molecule has 1 unspecified atom stereocenters. The molecule has 1 aromatic carbocycles. The van der Waals surface area contributed by atoms with Crippen molar-refractivity contribution in [3.05, 3.63) is 42.5 Å². The molecule has 212 valence electrons. The molecule has 2 atom stereocenters. The number of ether oxygens (including phenoxy) is 2. The van der Waals surface area contributed by atoms with Crippen molar-refractivity contribution in [1.82, 2.24) is 24.6 Å². The van der Waals surface area contributed by atoms with Crippen LogP contribution < -0.4 is 15.3 Å². The van der Waals surface area contributed by atoms with Gasteiger partial charge in [-0.05, 0) is 58.7 Å². The Kier molecular flexibility index (Phi) is 11.3. The van der Waals surface area contributed by atoms with E-state index < -0.39 is 25.1 Å². The van der Waals surface area contributed by atoms with Crippen LogP contribution in [0.2, 0.25) is 0 Å². The average Bonchev–Trinajstić information content (AvgIpc) is 3.27. The number of rotatable bonds is 12. The number of aryl methyl sites for hydroxylation is 1. The summed E-state index contributed by atoms with van der Waals surface area (Å²) in [4.78, 5) is 41.3. The number of fused-ring (bicyclic) bond motifs is 1. The number of aromatic nitrogens is 4. The Bertz CT molecular complexity index is 1320. The predicted molar refractivity (Wildman–Crippen MR) is 143 cm³/mol. The van der Waals surface area contributed by atoms with Crippen molar-refractivity contribution in [2.24, 2.45) is 0 Å². The highest BCUT2D eigenvalue weighted by atomic mass is 31.2. The van der Waals surface area contributed by atoms with Gasteiger partial charge in [-0.1, -0.05) is 19.1 Å². The van der Waals surface area contributed by atoms with Gasteiger partial charge in [-0.3, -0.25) is 9.36 Å². The molecule has 0 amide bonds. The normalized spacial score (nSPS) is 13.6. The number of nitrogen functional groups attached to an aromatic ring is 1. The zero-order valence-electron chi connectivity index (χ0n) is 22.9. The second kappa shape index (κ2) is 14.0. The van der Waals surface area contributed by atoms with E-state index in [1.54, 1.807) is 50.7 Å². The molecule has 14 heteroatoms. The first-order valence-electron chi connectivity index (χ1n) is 12.2. The minimum atomic E-state index is -3.73. The number of benzene rings is 1. The largest absolute Gasteiger partial charge is 0.462 e. The van der Waals surface area contributed by atoms with Crippen molar-refractivity contribution < 1.29 is 32.9 Å². The van der Waals surface area contributed by atoms with Gasteiger partial charge in [-0.2, -0.15) is 9.59 Å². The summed E-state index contributed by atoms with van der Waals surface area (Å²) in [5.74, 6) is 0.150. The second-order valence-corrected chi connectivity index (χ2v) is 11.5. The number of nitrogens with zero attached hydrogens (tertiary/aromatic N) is 4. The lowest BCUT2D eigenvalue weighted by atomic mass is 10.1. The fraction of sp³-hybridized carbons (Fsp3) is 0.480. The lowest BCUT2D eigenvalue weighted by molar-refractivity contribution is -0.191. The molecule has 3 aromatic rings. The molecule has 0 aliphatic rings. The van der Waals surface area contributed by atoms with E-state index in [9.17, 15) is 9.36 Å². The maximum absolute atomic E-state index is 14.0. The number of nitrogens with one attached hydrogen (secondary N) is 1. The highest BCUT2D eigenvalue weighted by molar-refractivity contribution is 7.57. The van der Waals surface area contributed by atoms with Crippen LogP contribution in [0.15, 0.2) is 36.9 Å². The van der Waals surface area contributed by atoms with Gasteiger partial charge in [0.05, 0.1) is 25.1 Å². The molecule has 0 saturated heterocycles. The number of carbonyl (C=O) groups is 1. The Morgan fingerprint density at radius 2 is 1.79 bits per heavy atom. The molecule has 0 spiro atoms. The molecule has 39 heavy (non-hydrogen) atoms. The van der Waals surface area contributed by atoms with Crippen LogP contribution in [0.3, 0.4) is 0 Å². The predicted octanol–water partition coefficient (Wildman–Crippen LogP) is 3.34. The monoisotopic (exact) mass is 562 g/mol. The van der Waals surface area contributed by atoms with Crippen LogP contribution in [0.4, 0.5) is 5.82 Å². The number of imidazole rings is 1. The van der Waals surface area contributed by atoms with Gasteiger partial charge in [0, 0.05) is 0 Å². The third-order valence-corrected chi connectivity index (χ3v) is 7.19. The highest BCUT2D eigenvalue weighted by Crippen LogP contribution is 2.45. The summed E-state index contributed by atoms with van der Waals surface area (Å²) in [5.41, 5.74) is 6.77. The topological polar surface area (TPSA) is 178 Å². The van der Waals surface area contributed by atoms with Gasteiger partial charge in [-0.15, -0.1) is 0 Å². The van der Waals surface area contributed by atoms with Crippen LogP contribution in [0, 0.1) is 0 Å². The van der Waals surface area contributed by atoms with Gasteiger partial charge in [0.25, 0.3) is 0 Å². The third-order valence-electron chi connectivity index (χ3n) is 5.30. The standard InChI is InChI=1S/C24H35N6O5P.CO2/c1-7-18-8-10-19(11-9-18)35-36(32,29-24(5,6)23(31)34-16(2)3)15-33-17(4)12-30-14-28-20-21(25)26-13-27-22(20)30;2-1-3/h8-11,13-14,16-17H,7,12,15H2,1-6H3,(H,29,32)(H2,25,26,27);/t17-,36?;/m1./s1. The number of carbonyl (C=O) groups excluding carboxylic acids is 3. The van der Waals surface area contributed by atoms with E-state index in [-0.39, 0.29) is 18.6 Å². The van der Waals surface area contributed by atoms with Gasteiger partial charge < -0.3 is 24.3 Å². The number of anilines is 1. The molecule has 0 saturated carbocycles. The van der Waals surface area contributed by atoms with Gasteiger partial charge in [-0.25, -0.2) is 20.0 Å². The first kappa shape index (κ1) is 31.6. The summed E-state index contributed by atoms with van der Waals surface area (Å²) in [5, 5.41) is 2.88. The number of hydrogen-bond acceptors (Lipinski definition) is 11. The van der Waals surface area contributed by atoms with Crippen molar-refractivity contribution in [3.63, 3.8) is 0 Å². The summed E-state index contributed by atoms with van der Waals surface area (Å²) in [6, 6.07) is 7.30. The van der Waals surface area contributed by atoms with Gasteiger partial charge in [0.15, 0.2) is 11.5 Å². The molecule has 3 rings (SSSR count). The zero-order valence-corrected chi connectivity index (χ0v) is 23.8. The molecular formula is C25H35N6O7P. The van der Waals surface area contributed by atoms with Crippen molar-refractivity contribution >= 4 is 36.6 Å². The molecule has 3 N–H and O–H groups in total. The molecule has 2 heterocycles. The lowest BCUT2D eigenvalue weighted by Gasteiger charge is -2.31. The van der Waals surface area contributed by atoms with E-state index in [1.165, 1.54) is 6.33 Å². The van der Waals surface area contributed by atoms with Gasteiger partial charge in [0.1, 0.15) is 29.5 Å². The summed E-state index contributed by atoms with van der Waals surface area (Å²) in [7, 11) is -3.73. The van der Waals surface area contributed by atoms with Crippen LogP contribution >= 0.6 is 7.52 Å². The molecule has 0 bridgehead atoms. The fourth-order valence-electron chi connectivity index (χ4n) is 3.46. The smallest absolute Gasteiger partial charge is 0.373 e. The SMILES string of the molecule is CCc1ccc(OP(=O)(CO[C@H](C)Cn2cnc3c(N)ncnc32)NC(C)(C)C(=O)OC(C)C)cc1.O=C=O. The molecular weight excluding hydrogens is 527 g/mol. The van der Waals surface area contributed by atoms with Crippen molar-refractivity contribution in [3.8, 4) is 5.75 Å². The van der Waals surface area contributed by atoms with E-state index in [0.29, 0.717) is 29.3 Å². The summed E-state index contributed by atoms with van der Waals surface area (Å²) in [6.45, 7) is 10.9. The molecule has 0 radical (unpaired) electrons. The van der Waals surface area contributed by atoms with Gasteiger partial charge in [0.2, 0.25) is 0 Å². The van der Waals surface area contributed by atoms with Crippen LogP contribution in [-0.2, 0) is 41.4 Å². The molecule has 0 aliphatic carbocycles. The Balaban J connectivity index is 0.00000170. The van der Waals surface area contributed by atoms with E-state index in [0.717, 1.165) is 12.0 Å². The summed E-state index contributed by atoms with van der Waals surface area (Å²) >= 11 is 0. The van der Waals surface area contributed by atoms with Gasteiger partial charge >= 0.3 is 19.6 Å². The molecule has 0 aliphatic heterocycles. The Labute approximate surface area is 227 Å². The molecule has 2 aromatic heterocycles. The summed E-state index contributed by atoms with van der Waals surface area (Å²) < 4.78 is 33.0. The first-order chi connectivity index (χ1) is 18.3. The van der Waals surface area contributed by atoms with Crippen molar-refractivity contribution in [2.45, 2.75) is 72.3 Å². The Morgan fingerprint density at radius 3 is 2.38 bits per heavy atom. The van der Waals surface area contributed by atoms with E-state index in [1.807, 2.05) is 26.0 Å². The molecule has 0 fully saturated rings. The quantitative estimate of drug-likeness (QED) is 0.243. The maximum Gasteiger partial charge on any atom is 0.373 e. The van der Waals surface area contributed by atoms with E-state index in [4.69, 9.17) is 29.3 Å². The first-order valence-corrected chi connectivity index (χ1v) is 14.1. The Hall–Kier alpha value is -3.63. The minimum Gasteiger partial charge on any atom is -0.462 e. The van der Waals surface area contributed by atoms with Crippen LogP contribution in [-0.4, -0.2) is 55.7 Å². The number of esters is 1. The average molecular weight is 563 g/mol. The molecule has 13 nitrogen and oxygen atoms in total. The second-order valence-electron chi connectivity index (χ2n) is 9.47. The number of hydrogen-bond donors (Lipinski definition) is 2. The summed E-state index contributed by atoms with van der Waals surface area (Å²) in [6.07, 6.45) is 3.08. The van der Waals surface area contributed by atoms with Crippen LogP contribution in [0.5, 0.6) is 5.75 Å². The highest BCUT2D eigenvalue weighted by Gasteiger charge is 2.40. The lowest BCUT2D eigenvalue weighted by Crippen LogP contribution is -2.48. The van der Waals surface area contributed by atoms with Crippen molar-refractivity contribution in [2.75, 3.05) is 12.1 Å². The maximum atomic E-state index is 14.0. The zero-order chi connectivity index (χ0) is 29.2. The van der Waals surface area contributed by atoms with E-state index in [2.05, 4.69) is 20.0 Å². The minimum absolute atomic E-state index is 0.250. The van der Waals surface area contributed by atoms with E-state index >= 15 is 0 Å². The fourth-order valence-corrected chi connectivity index (χ4v) is 5.48. The van der Waals surface area contributed by atoms with Crippen molar-refractivity contribution in [1.29, 1.82) is 0 Å². The van der Waals surface area contributed by atoms with Crippen LogP contribution in [0.25, 0.3) is 11.2 Å². The third kappa shape index (κ3) is 9.26. The van der Waals surface area contributed by atoms with Crippen LogP contribution in [0.1, 0.15) is 47.1 Å². The Morgan fingerprint density at radius 1 is 1.15 bits per heavy atom.